The summed E-state index contributed by atoms with van der Waals surface area (Å²) in [5, 5.41) is 1.53. The zero-order valence-electron chi connectivity index (χ0n) is 10.0. The first-order valence-electron chi connectivity index (χ1n) is 5.02. The van der Waals surface area contributed by atoms with Crippen LogP contribution in [0.1, 0.15) is 41.5 Å². The molecule has 0 saturated carbocycles. The number of hydrazine groups is 1. The van der Waals surface area contributed by atoms with Crippen molar-refractivity contribution in [3.05, 3.63) is 0 Å². The molecule has 0 aromatic carbocycles. The third-order valence-electron chi connectivity index (χ3n) is 1.51. The van der Waals surface area contributed by atoms with E-state index in [1.54, 1.807) is 6.92 Å². The van der Waals surface area contributed by atoms with E-state index < -0.39 is 0 Å². The van der Waals surface area contributed by atoms with Gasteiger partial charge in [-0.15, -0.1) is 0 Å². The Labute approximate surface area is 86.6 Å². The Hall–Kier alpha value is -0.770. The predicted molar refractivity (Wildman–Crippen MR) is 56.9 cm³/mol. The van der Waals surface area contributed by atoms with Gasteiger partial charge in [-0.2, -0.15) is 0 Å². The minimum absolute atomic E-state index is 0.207. The van der Waals surface area contributed by atoms with Crippen LogP contribution in [0.15, 0.2) is 0 Å². The van der Waals surface area contributed by atoms with Gasteiger partial charge >= 0.3 is 6.09 Å². The molecule has 1 N–H and O–H groups in total. The highest BCUT2D eigenvalue weighted by Gasteiger charge is 2.28. The second kappa shape index (κ2) is 5.20. The summed E-state index contributed by atoms with van der Waals surface area (Å²) in [5.41, 5.74) is 2.78. The summed E-state index contributed by atoms with van der Waals surface area (Å²) in [5.74, 6) is 0. The fraction of sp³-hybridized carbons (Fsp3) is 0.900. The minimum atomic E-state index is -0.325. The van der Waals surface area contributed by atoms with Crippen molar-refractivity contribution in [3.8, 4) is 0 Å². The molecule has 0 radical (unpaired) electrons. The average molecular weight is 202 g/mol. The van der Waals surface area contributed by atoms with Gasteiger partial charge in [0.05, 0.1) is 12.1 Å². The number of carbonyl (C=O) groups is 1. The fourth-order valence-corrected chi connectivity index (χ4v) is 0.966. The van der Waals surface area contributed by atoms with Gasteiger partial charge in [-0.3, -0.25) is 0 Å². The topological polar surface area (TPSA) is 41.6 Å². The molecule has 0 bridgehead atoms. The summed E-state index contributed by atoms with van der Waals surface area (Å²) in [6.07, 6.45) is -0.325. The van der Waals surface area contributed by atoms with Gasteiger partial charge in [0.25, 0.3) is 0 Å². The van der Waals surface area contributed by atoms with E-state index in [2.05, 4.69) is 5.43 Å². The van der Waals surface area contributed by atoms with E-state index in [0.717, 1.165) is 0 Å². The predicted octanol–water partition coefficient (Wildman–Crippen LogP) is 2.16. The van der Waals surface area contributed by atoms with Gasteiger partial charge < -0.3 is 4.74 Å². The molecule has 0 unspecified atom stereocenters. The number of carbonyl (C=O) groups excluding carboxylic acids is 1. The standard InChI is InChI=1S/C10H22N2O2/c1-7-14-9(13)12(10(4,5)6)11-8(2)3/h8,11H,7H2,1-6H3. The first-order chi connectivity index (χ1) is 6.29. The Balaban J connectivity index is 4.47. The molecule has 0 aliphatic heterocycles. The molecule has 4 nitrogen and oxygen atoms in total. The molecular weight excluding hydrogens is 180 g/mol. The number of nitrogens with one attached hydrogen (secondary N) is 1. The molecular formula is C10H22N2O2. The normalized spacial score (nSPS) is 11.6. The third-order valence-corrected chi connectivity index (χ3v) is 1.51. The molecule has 0 aromatic heterocycles. The van der Waals surface area contributed by atoms with Crippen molar-refractivity contribution in [2.45, 2.75) is 53.1 Å². The van der Waals surface area contributed by atoms with Crippen LogP contribution in [0.2, 0.25) is 0 Å². The van der Waals surface area contributed by atoms with Crippen LogP contribution in [-0.2, 0) is 4.74 Å². The van der Waals surface area contributed by atoms with Crippen LogP contribution in [0.4, 0.5) is 4.79 Å². The average Bonchev–Trinajstić information content (AvgIpc) is 1.98. The maximum atomic E-state index is 11.6. The molecule has 0 rings (SSSR count). The number of rotatable bonds is 3. The number of hydrogen-bond acceptors (Lipinski definition) is 3. The van der Waals surface area contributed by atoms with Crippen LogP contribution in [0.25, 0.3) is 0 Å². The quantitative estimate of drug-likeness (QED) is 0.713. The smallest absolute Gasteiger partial charge is 0.424 e. The Morgan fingerprint density at radius 2 is 1.93 bits per heavy atom. The third kappa shape index (κ3) is 4.46. The summed E-state index contributed by atoms with van der Waals surface area (Å²) < 4.78 is 4.96. The molecule has 0 spiro atoms. The summed E-state index contributed by atoms with van der Waals surface area (Å²) in [6, 6.07) is 0.207. The molecule has 0 heterocycles. The highest BCUT2D eigenvalue weighted by Crippen LogP contribution is 2.12. The molecule has 4 heteroatoms. The number of amides is 1. The maximum Gasteiger partial charge on any atom is 0.424 e. The zero-order valence-corrected chi connectivity index (χ0v) is 10.0. The van der Waals surface area contributed by atoms with Crippen LogP contribution in [-0.4, -0.2) is 29.3 Å². The molecule has 0 atom stereocenters. The summed E-state index contributed by atoms with van der Waals surface area (Å²) in [4.78, 5) is 11.6. The monoisotopic (exact) mass is 202 g/mol. The van der Waals surface area contributed by atoms with E-state index in [9.17, 15) is 4.79 Å². The molecule has 0 fully saturated rings. The lowest BCUT2D eigenvalue weighted by atomic mass is 10.1. The Kier molecular flexibility index (Phi) is 4.91. The molecule has 14 heavy (non-hydrogen) atoms. The first kappa shape index (κ1) is 13.2. The van der Waals surface area contributed by atoms with E-state index in [1.807, 2.05) is 34.6 Å². The second-order valence-electron chi connectivity index (χ2n) is 4.49. The van der Waals surface area contributed by atoms with E-state index in [0.29, 0.717) is 6.61 Å². The van der Waals surface area contributed by atoms with Crippen molar-refractivity contribution in [1.29, 1.82) is 0 Å². The van der Waals surface area contributed by atoms with Gasteiger partial charge in [-0.05, 0) is 41.5 Å². The Morgan fingerprint density at radius 1 is 1.43 bits per heavy atom. The van der Waals surface area contributed by atoms with Gasteiger partial charge in [0.15, 0.2) is 0 Å². The van der Waals surface area contributed by atoms with Crippen LogP contribution in [0.5, 0.6) is 0 Å². The van der Waals surface area contributed by atoms with E-state index >= 15 is 0 Å². The van der Waals surface area contributed by atoms with Crippen LogP contribution < -0.4 is 5.43 Å². The Bertz CT molecular complexity index is 185. The van der Waals surface area contributed by atoms with E-state index in [-0.39, 0.29) is 17.7 Å². The molecule has 0 saturated heterocycles. The maximum absolute atomic E-state index is 11.6. The van der Waals surface area contributed by atoms with Gasteiger partial charge in [0.2, 0.25) is 0 Å². The lowest BCUT2D eigenvalue weighted by Gasteiger charge is -2.36. The lowest BCUT2D eigenvalue weighted by molar-refractivity contribution is 0.0345. The molecule has 84 valence electrons. The molecule has 1 amide bonds. The molecule has 0 aromatic rings. The second-order valence-corrected chi connectivity index (χ2v) is 4.49. The van der Waals surface area contributed by atoms with E-state index in [1.165, 1.54) is 5.01 Å². The highest BCUT2D eigenvalue weighted by molar-refractivity contribution is 5.67. The highest BCUT2D eigenvalue weighted by atomic mass is 16.6. The molecule has 0 aliphatic rings. The van der Waals surface area contributed by atoms with Gasteiger partial charge in [0.1, 0.15) is 0 Å². The van der Waals surface area contributed by atoms with Crippen LogP contribution in [0.3, 0.4) is 0 Å². The van der Waals surface area contributed by atoms with Crippen molar-refractivity contribution < 1.29 is 9.53 Å². The van der Waals surface area contributed by atoms with Crippen molar-refractivity contribution in [3.63, 3.8) is 0 Å². The van der Waals surface area contributed by atoms with Crippen molar-refractivity contribution in [2.75, 3.05) is 6.61 Å². The Morgan fingerprint density at radius 3 is 2.21 bits per heavy atom. The van der Waals surface area contributed by atoms with Gasteiger partial charge in [-0.25, -0.2) is 15.2 Å². The van der Waals surface area contributed by atoms with Crippen LogP contribution in [0, 0.1) is 0 Å². The van der Waals surface area contributed by atoms with Crippen molar-refractivity contribution in [2.24, 2.45) is 0 Å². The fourth-order valence-electron chi connectivity index (χ4n) is 0.966. The first-order valence-corrected chi connectivity index (χ1v) is 5.02. The van der Waals surface area contributed by atoms with E-state index in [4.69, 9.17) is 4.74 Å². The number of ether oxygens (including phenoxy) is 1. The number of hydrogen-bond donors (Lipinski definition) is 1. The summed E-state index contributed by atoms with van der Waals surface area (Å²) in [7, 11) is 0. The van der Waals surface area contributed by atoms with Crippen LogP contribution >= 0.6 is 0 Å². The van der Waals surface area contributed by atoms with Crippen molar-refractivity contribution >= 4 is 6.09 Å². The minimum Gasteiger partial charge on any atom is -0.449 e. The zero-order chi connectivity index (χ0) is 11.4. The SMILES string of the molecule is CCOC(=O)N(NC(C)C)C(C)(C)C. The molecule has 0 aliphatic carbocycles. The van der Waals surface area contributed by atoms with Gasteiger partial charge in [0, 0.05) is 6.04 Å². The largest absolute Gasteiger partial charge is 0.449 e. The lowest BCUT2D eigenvalue weighted by Crippen LogP contribution is -2.56. The summed E-state index contributed by atoms with van der Waals surface area (Å²) >= 11 is 0. The van der Waals surface area contributed by atoms with Crippen molar-refractivity contribution in [1.82, 2.24) is 10.4 Å². The number of nitrogens with zero attached hydrogens (tertiary/aromatic N) is 1. The summed E-state index contributed by atoms with van der Waals surface area (Å²) in [6.45, 7) is 12.0. The van der Waals surface area contributed by atoms with Gasteiger partial charge in [-0.1, -0.05) is 0 Å².